The van der Waals surface area contributed by atoms with Crippen LogP contribution in [0.25, 0.3) is 11.0 Å². The van der Waals surface area contributed by atoms with E-state index in [-0.39, 0.29) is 18.3 Å². The fraction of sp³-hybridized carbons (Fsp3) is 0.368. The van der Waals surface area contributed by atoms with E-state index in [4.69, 9.17) is 9.15 Å². The minimum atomic E-state index is -0.628. The van der Waals surface area contributed by atoms with E-state index in [9.17, 15) is 9.59 Å². The molecule has 0 unspecified atom stereocenters. The van der Waals surface area contributed by atoms with Crippen LogP contribution in [0.2, 0.25) is 0 Å². The molecule has 0 fully saturated rings. The zero-order valence-electron chi connectivity index (χ0n) is 13.5. The van der Waals surface area contributed by atoms with Crippen LogP contribution in [0, 0.1) is 0 Å². The molecule has 126 valence electrons. The van der Waals surface area contributed by atoms with Crippen molar-refractivity contribution in [1.29, 1.82) is 0 Å². The first kappa shape index (κ1) is 16.3. The van der Waals surface area contributed by atoms with Gasteiger partial charge in [0.05, 0.1) is 0 Å². The van der Waals surface area contributed by atoms with Crippen molar-refractivity contribution < 1.29 is 18.7 Å². The van der Waals surface area contributed by atoms with Crippen molar-refractivity contribution in [2.45, 2.75) is 32.1 Å². The van der Waals surface area contributed by atoms with Gasteiger partial charge < -0.3 is 14.5 Å². The summed E-state index contributed by atoms with van der Waals surface area (Å²) < 4.78 is 10.4. The summed E-state index contributed by atoms with van der Waals surface area (Å²) in [7, 11) is 0. The number of furan rings is 1. The highest BCUT2D eigenvalue weighted by atomic mass is 16.5. The summed E-state index contributed by atoms with van der Waals surface area (Å²) in [4.78, 5) is 23.7. The lowest BCUT2D eigenvalue weighted by Gasteiger charge is -2.12. The normalized spacial score (nSPS) is 14.2. The van der Waals surface area contributed by atoms with E-state index >= 15 is 0 Å². The van der Waals surface area contributed by atoms with E-state index in [2.05, 4.69) is 11.4 Å². The second-order valence-corrected chi connectivity index (χ2v) is 5.93. The summed E-state index contributed by atoms with van der Waals surface area (Å²) in [5.74, 6) is -0.816. The third kappa shape index (κ3) is 4.25. The van der Waals surface area contributed by atoms with Gasteiger partial charge in [-0.3, -0.25) is 4.79 Å². The molecule has 0 radical (unpaired) electrons. The number of hydrogen-bond donors (Lipinski definition) is 1. The van der Waals surface area contributed by atoms with Crippen molar-refractivity contribution in [2.75, 3.05) is 13.2 Å². The number of allylic oxidation sites excluding steroid dienone is 1. The maximum Gasteiger partial charge on any atom is 0.374 e. The minimum Gasteiger partial charge on any atom is -0.450 e. The van der Waals surface area contributed by atoms with Gasteiger partial charge in [0.25, 0.3) is 5.91 Å². The highest BCUT2D eigenvalue weighted by Crippen LogP contribution is 2.20. The van der Waals surface area contributed by atoms with E-state index in [0.29, 0.717) is 12.1 Å². The number of hydrogen-bond acceptors (Lipinski definition) is 4. The topological polar surface area (TPSA) is 68.5 Å². The highest BCUT2D eigenvalue weighted by Gasteiger charge is 2.15. The average molecular weight is 327 g/mol. The third-order valence-corrected chi connectivity index (χ3v) is 4.11. The number of benzene rings is 1. The van der Waals surface area contributed by atoms with Crippen molar-refractivity contribution in [3.05, 3.63) is 47.7 Å². The van der Waals surface area contributed by atoms with E-state index in [0.717, 1.165) is 24.6 Å². The number of para-hydroxylation sites is 1. The maximum absolute atomic E-state index is 11.9. The maximum atomic E-state index is 11.9. The van der Waals surface area contributed by atoms with Crippen LogP contribution in [0.5, 0.6) is 0 Å². The molecule has 1 aliphatic carbocycles. The first-order valence-electron chi connectivity index (χ1n) is 8.33. The highest BCUT2D eigenvalue weighted by molar-refractivity contribution is 5.93. The Balaban J connectivity index is 1.42. The van der Waals surface area contributed by atoms with E-state index < -0.39 is 5.97 Å². The molecular formula is C19H21NO4. The number of fused-ring (bicyclic) bond motifs is 1. The summed E-state index contributed by atoms with van der Waals surface area (Å²) >= 11 is 0. The molecule has 5 heteroatoms. The first-order valence-corrected chi connectivity index (χ1v) is 8.33. The lowest BCUT2D eigenvalue weighted by molar-refractivity contribution is -0.124. The van der Waals surface area contributed by atoms with Crippen molar-refractivity contribution in [3.8, 4) is 0 Å². The van der Waals surface area contributed by atoms with Gasteiger partial charge in [0.2, 0.25) is 5.76 Å². The van der Waals surface area contributed by atoms with Gasteiger partial charge in [-0.05, 0) is 44.2 Å². The van der Waals surface area contributed by atoms with E-state index in [1.54, 1.807) is 12.1 Å². The van der Waals surface area contributed by atoms with Crippen LogP contribution < -0.4 is 5.32 Å². The Hall–Kier alpha value is -2.56. The van der Waals surface area contributed by atoms with Crippen LogP contribution >= 0.6 is 0 Å². The summed E-state index contributed by atoms with van der Waals surface area (Å²) in [6, 6.07) is 8.93. The largest absolute Gasteiger partial charge is 0.450 e. The van der Waals surface area contributed by atoms with Gasteiger partial charge >= 0.3 is 5.97 Å². The third-order valence-electron chi connectivity index (χ3n) is 4.11. The second kappa shape index (κ2) is 7.81. The number of ether oxygens (including phenoxy) is 1. The number of carbonyl (C=O) groups is 2. The first-order chi connectivity index (χ1) is 11.7. The standard InChI is InChI=1S/C19H21NO4/c21-18(20-11-10-14-6-2-1-3-7-14)13-23-19(22)17-12-15-8-4-5-9-16(15)24-17/h4-6,8-9,12H,1-3,7,10-11,13H2,(H,20,21). The van der Waals surface area contributed by atoms with E-state index in [1.807, 2.05) is 18.2 Å². The number of amides is 1. The summed E-state index contributed by atoms with van der Waals surface area (Å²) in [5, 5.41) is 3.60. The Kier molecular flexibility index (Phi) is 5.31. The molecule has 1 amide bonds. The smallest absolute Gasteiger partial charge is 0.374 e. The van der Waals surface area contributed by atoms with Crippen molar-refractivity contribution in [2.24, 2.45) is 0 Å². The summed E-state index contributed by atoms with van der Waals surface area (Å²) in [6.45, 7) is 0.280. The van der Waals surface area contributed by atoms with Crippen LogP contribution in [-0.2, 0) is 9.53 Å². The fourth-order valence-corrected chi connectivity index (χ4v) is 2.83. The Morgan fingerprint density at radius 2 is 2.08 bits per heavy atom. The SMILES string of the molecule is O=C(COC(=O)c1cc2ccccc2o1)NCCC1=CCCCC1. The predicted octanol–water partition coefficient (Wildman–Crippen LogP) is 3.60. The zero-order valence-corrected chi connectivity index (χ0v) is 13.5. The van der Waals surface area contributed by atoms with Gasteiger partial charge in [0.1, 0.15) is 5.58 Å². The Labute approximate surface area is 140 Å². The molecule has 1 aromatic carbocycles. The van der Waals surface area contributed by atoms with Crippen LogP contribution in [0.3, 0.4) is 0 Å². The van der Waals surface area contributed by atoms with Gasteiger partial charge in [-0.1, -0.05) is 29.8 Å². The lowest BCUT2D eigenvalue weighted by Crippen LogP contribution is -2.29. The van der Waals surface area contributed by atoms with Gasteiger partial charge in [-0.2, -0.15) is 0 Å². The van der Waals surface area contributed by atoms with Crippen molar-refractivity contribution in [3.63, 3.8) is 0 Å². The number of nitrogens with one attached hydrogen (secondary N) is 1. The molecular weight excluding hydrogens is 306 g/mol. The van der Waals surface area contributed by atoms with Crippen LogP contribution in [0.4, 0.5) is 0 Å². The molecule has 24 heavy (non-hydrogen) atoms. The average Bonchev–Trinajstić information content (AvgIpc) is 3.05. The number of carbonyl (C=O) groups excluding carboxylic acids is 2. The second-order valence-electron chi connectivity index (χ2n) is 5.93. The molecule has 0 aliphatic heterocycles. The summed E-state index contributed by atoms with van der Waals surface area (Å²) in [6.07, 6.45) is 7.87. The minimum absolute atomic E-state index is 0.108. The molecule has 1 N–H and O–H groups in total. The molecule has 0 atom stereocenters. The molecule has 2 aromatic rings. The van der Waals surface area contributed by atoms with E-state index in [1.165, 1.54) is 18.4 Å². The molecule has 3 rings (SSSR count). The summed E-state index contributed by atoms with van der Waals surface area (Å²) in [5.41, 5.74) is 2.02. The van der Waals surface area contributed by atoms with Gasteiger partial charge in [0.15, 0.2) is 6.61 Å². The van der Waals surface area contributed by atoms with Crippen LogP contribution in [0.1, 0.15) is 42.7 Å². The van der Waals surface area contributed by atoms with Crippen molar-refractivity contribution in [1.82, 2.24) is 5.32 Å². The predicted molar refractivity (Wildman–Crippen MR) is 90.7 cm³/mol. The molecule has 0 spiro atoms. The Bertz CT molecular complexity index is 727. The molecule has 0 saturated heterocycles. The lowest BCUT2D eigenvalue weighted by atomic mass is 9.97. The molecule has 0 bridgehead atoms. The molecule has 1 aromatic heterocycles. The quantitative estimate of drug-likeness (QED) is 0.650. The molecule has 5 nitrogen and oxygen atoms in total. The Morgan fingerprint density at radius 1 is 1.21 bits per heavy atom. The van der Waals surface area contributed by atoms with Gasteiger partial charge in [-0.15, -0.1) is 0 Å². The number of rotatable bonds is 6. The zero-order chi connectivity index (χ0) is 16.8. The molecule has 0 saturated carbocycles. The van der Waals surface area contributed by atoms with Crippen LogP contribution in [-0.4, -0.2) is 25.0 Å². The van der Waals surface area contributed by atoms with Crippen LogP contribution in [0.15, 0.2) is 46.4 Å². The van der Waals surface area contributed by atoms with Gasteiger partial charge in [0, 0.05) is 11.9 Å². The monoisotopic (exact) mass is 327 g/mol. The molecule has 1 heterocycles. The van der Waals surface area contributed by atoms with Crippen molar-refractivity contribution >= 4 is 22.8 Å². The van der Waals surface area contributed by atoms with Gasteiger partial charge in [-0.25, -0.2) is 4.79 Å². The molecule has 1 aliphatic rings. The number of esters is 1. The fourth-order valence-electron chi connectivity index (χ4n) is 2.83. The Morgan fingerprint density at radius 3 is 2.88 bits per heavy atom.